The molecule has 0 saturated carbocycles. The Morgan fingerprint density at radius 2 is 1.90 bits per heavy atom. The third kappa shape index (κ3) is 4.73. The second-order valence-electron chi connectivity index (χ2n) is 5.12. The Balaban J connectivity index is 2.36. The zero-order valence-corrected chi connectivity index (χ0v) is 12.2. The SMILES string of the molecule is COCCCC(N)C(=O)N1CCN(C(C)C(=O)O)CC1. The van der Waals surface area contributed by atoms with Crippen LogP contribution >= 0.6 is 0 Å². The van der Waals surface area contributed by atoms with E-state index in [4.69, 9.17) is 15.6 Å². The lowest BCUT2D eigenvalue weighted by Crippen LogP contribution is -2.56. The number of carbonyl (C=O) groups excluding carboxylic acids is 1. The van der Waals surface area contributed by atoms with Crippen molar-refractivity contribution in [1.82, 2.24) is 9.80 Å². The van der Waals surface area contributed by atoms with Gasteiger partial charge < -0.3 is 20.5 Å². The molecule has 0 spiro atoms. The first-order valence-corrected chi connectivity index (χ1v) is 6.97. The van der Waals surface area contributed by atoms with Crippen LogP contribution in [-0.2, 0) is 14.3 Å². The lowest BCUT2D eigenvalue weighted by atomic mass is 10.1. The van der Waals surface area contributed by atoms with Crippen molar-refractivity contribution in [2.45, 2.75) is 31.8 Å². The van der Waals surface area contributed by atoms with Gasteiger partial charge in [0.05, 0.1) is 6.04 Å². The molecule has 7 heteroatoms. The van der Waals surface area contributed by atoms with Crippen LogP contribution in [0.4, 0.5) is 0 Å². The van der Waals surface area contributed by atoms with Gasteiger partial charge in [0.15, 0.2) is 0 Å². The first kappa shape index (κ1) is 16.9. The summed E-state index contributed by atoms with van der Waals surface area (Å²) in [4.78, 5) is 26.6. The lowest BCUT2D eigenvalue weighted by molar-refractivity contribution is -0.144. The number of hydrogen-bond acceptors (Lipinski definition) is 5. The summed E-state index contributed by atoms with van der Waals surface area (Å²) < 4.78 is 4.94. The van der Waals surface area contributed by atoms with Crippen LogP contribution in [0.1, 0.15) is 19.8 Å². The number of carboxylic acid groups (broad SMARTS) is 1. The summed E-state index contributed by atoms with van der Waals surface area (Å²) in [6.07, 6.45) is 1.37. The fourth-order valence-electron chi connectivity index (χ4n) is 2.29. The molecule has 0 aromatic heterocycles. The summed E-state index contributed by atoms with van der Waals surface area (Å²) in [5.41, 5.74) is 5.88. The second kappa shape index (κ2) is 8.18. The van der Waals surface area contributed by atoms with Crippen LogP contribution in [0.3, 0.4) is 0 Å². The highest BCUT2D eigenvalue weighted by atomic mass is 16.5. The summed E-state index contributed by atoms with van der Waals surface area (Å²) in [6, 6.07) is -1.00. The highest BCUT2D eigenvalue weighted by Gasteiger charge is 2.28. The van der Waals surface area contributed by atoms with Crippen LogP contribution in [-0.4, -0.2) is 78.8 Å². The van der Waals surface area contributed by atoms with E-state index in [0.29, 0.717) is 39.2 Å². The van der Waals surface area contributed by atoms with Gasteiger partial charge in [-0.25, -0.2) is 0 Å². The number of aliphatic carboxylic acids is 1. The lowest BCUT2D eigenvalue weighted by Gasteiger charge is -2.37. The molecule has 1 aliphatic heterocycles. The van der Waals surface area contributed by atoms with E-state index in [1.807, 2.05) is 4.90 Å². The first-order valence-electron chi connectivity index (χ1n) is 6.97. The number of carbonyl (C=O) groups is 2. The number of amides is 1. The summed E-state index contributed by atoms with van der Waals surface area (Å²) in [5.74, 6) is -0.884. The van der Waals surface area contributed by atoms with Gasteiger partial charge in [-0.15, -0.1) is 0 Å². The van der Waals surface area contributed by atoms with Gasteiger partial charge in [-0.3, -0.25) is 14.5 Å². The maximum absolute atomic E-state index is 12.1. The molecule has 0 bridgehead atoms. The van der Waals surface area contributed by atoms with Crippen LogP contribution in [0.5, 0.6) is 0 Å². The smallest absolute Gasteiger partial charge is 0.320 e. The fraction of sp³-hybridized carbons (Fsp3) is 0.846. The van der Waals surface area contributed by atoms with E-state index in [2.05, 4.69) is 0 Å². The Morgan fingerprint density at radius 3 is 2.40 bits per heavy atom. The summed E-state index contributed by atoms with van der Waals surface area (Å²) in [7, 11) is 1.62. The van der Waals surface area contributed by atoms with Gasteiger partial charge in [0.1, 0.15) is 6.04 Å². The average molecular weight is 287 g/mol. The largest absolute Gasteiger partial charge is 0.480 e. The Morgan fingerprint density at radius 1 is 1.30 bits per heavy atom. The monoisotopic (exact) mass is 287 g/mol. The topological polar surface area (TPSA) is 96.1 Å². The molecule has 1 saturated heterocycles. The third-order valence-corrected chi connectivity index (χ3v) is 3.71. The van der Waals surface area contributed by atoms with E-state index < -0.39 is 18.1 Å². The highest BCUT2D eigenvalue weighted by Crippen LogP contribution is 2.09. The molecule has 1 rings (SSSR count). The van der Waals surface area contributed by atoms with Gasteiger partial charge in [-0.1, -0.05) is 0 Å². The molecule has 0 aliphatic carbocycles. The molecule has 2 unspecified atom stereocenters. The number of methoxy groups -OCH3 is 1. The summed E-state index contributed by atoms with van der Waals surface area (Å²) >= 11 is 0. The van der Waals surface area contributed by atoms with Crippen LogP contribution < -0.4 is 5.73 Å². The van der Waals surface area contributed by atoms with Crippen LogP contribution in [0.25, 0.3) is 0 Å². The van der Waals surface area contributed by atoms with E-state index >= 15 is 0 Å². The van der Waals surface area contributed by atoms with Gasteiger partial charge in [0, 0.05) is 39.9 Å². The van der Waals surface area contributed by atoms with Gasteiger partial charge in [0.25, 0.3) is 0 Å². The van der Waals surface area contributed by atoms with E-state index in [9.17, 15) is 9.59 Å². The Bertz CT molecular complexity index is 330. The minimum atomic E-state index is -0.832. The van der Waals surface area contributed by atoms with Crippen molar-refractivity contribution in [2.75, 3.05) is 39.9 Å². The first-order chi connectivity index (χ1) is 9.47. The standard InChI is InChI=1S/C13H25N3O4/c1-10(13(18)19)15-5-7-16(8-6-15)12(17)11(14)4-3-9-20-2/h10-11H,3-9,14H2,1-2H3,(H,18,19). The van der Waals surface area contributed by atoms with E-state index in [0.717, 1.165) is 6.42 Å². The molecule has 0 aromatic rings. The highest BCUT2D eigenvalue weighted by molar-refractivity contribution is 5.81. The number of carboxylic acids is 1. The van der Waals surface area contributed by atoms with Crippen molar-refractivity contribution < 1.29 is 19.4 Å². The maximum atomic E-state index is 12.1. The Kier molecular flexibility index (Phi) is 6.90. The molecular weight excluding hydrogens is 262 g/mol. The normalized spacial score (nSPS) is 19.6. The third-order valence-electron chi connectivity index (χ3n) is 3.71. The quantitative estimate of drug-likeness (QED) is 0.605. The number of nitrogens with two attached hydrogens (primary N) is 1. The van der Waals surface area contributed by atoms with Crippen molar-refractivity contribution in [1.29, 1.82) is 0 Å². The molecule has 1 amide bonds. The Hall–Kier alpha value is -1.18. The van der Waals surface area contributed by atoms with Gasteiger partial charge in [-0.2, -0.15) is 0 Å². The maximum Gasteiger partial charge on any atom is 0.320 e. The van der Waals surface area contributed by atoms with E-state index in [1.54, 1.807) is 18.9 Å². The van der Waals surface area contributed by atoms with E-state index in [-0.39, 0.29) is 5.91 Å². The number of hydrogen-bond donors (Lipinski definition) is 2. The van der Waals surface area contributed by atoms with Crippen molar-refractivity contribution >= 4 is 11.9 Å². The predicted molar refractivity (Wildman–Crippen MR) is 74.3 cm³/mol. The Labute approximate surface area is 119 Å². The second-order valence-corrected chi connectivity index (χ2v) is 5.12. The number of piperazine rings is 1. The van der Waals surface area contributed by atoms with Crippen molar-refractivity contribution in [2.24, 2.45) is 5.73 Å². The van der Waals surface area contributed by atoms with E-state index in [1.165, 1.54) is 0 Å². The average Bonchev–Trinajstić information content (AvgIpc) is 2.46. The predicted octanol–water partition coefficient (Wildman–Crippen LogP) is -0.642. The van der Waals surface area contributed by atoms with Gasteiger partial charge >= 0.3 is 5.97 Å². The van der Waals surface area contributed by atoms with Gasteiger partial charge in [-0.05, 0) is 19.8 Å². The number of nitrogens with zero attached hydrogens (tertiary/aromatic N) is 2. The molecule has 0 aromatic carbocycles. The summed E-state index contributed by atoms with van der Waals surface area (Å²) in [5, 5.41) is 8.96. The zero-order valence-electron chi connectivity index (χ0n) is 12.2. The molecule has 1 fully saturated rings. The van der Waals surface area contributed by atoms with Crippen molar-refractivity contribution in [3.05, 3.63) is 0 Å². The molecule has 1 aliphatic rings. The molecule has 3 N–H and O–H groups in total. The molecule has 1 heterocycles. The number of ether oxygens (including phenoxy) is 1. The van der Waals surface area contributed by atoms with Crippen molar-refractivity contribution in [3.63, 3.8) is 0 Å². The van der Waals surface area contributed by atoms with Crippen LogP contribution in [0.2, 0.25) is 0 Å². The minimum Gasteiger partial charge on any atom is -0.480 e. The summed E-state index contributed by atoms with van der Waals surface area (Å²) in [6.45, 7) is 4.48. The molecule has 7 nitrogen and oxygen atoms in total. The number of rotatable bonds is 7. The fourth-order valence-corrected chi connectivity index (χ4v) is 2.29. The molecule has 2 atom stereocenters. The minimum absolute atomic E-state index is 0.0521. The van der Waals surface area contributed by atoms with Gasteiger partial charge in [0.2, 0.25) is 5.91 Å². The zero-order chi connectivity index (χ0) is 15.1. The molecular formula is C13H25N3O4. The van der Waals surface area contributed by atoms with Crippen molar-refractivity contribution in [3.8, 4) is 0 Å². The molecule has 0 radical (unpaired) electrons. The molecule has 20 heavy (non-hydrogen) atoms. The van der Waals surface area contributed by atoms with Crippen LogP contribution in [0.15, 0.2) is 0 Å². The van der Waals surface area contributed by atoms with Crippen LogP contribution in [0, 0.1) is 0 Å². The molecule has 116 valence electrons.